The van der Waals surface area contributed by atoms with Gasteiger partial charge in [0.25, 0.3) is 0 Å². The van der Waals surface area contributed by atoms with E-state index in [4.69, 9.17) is 4.42 Å². The van der Waals surface area contributed by atoms with Crippen molar-refractivity contribution < 1.29 is 9.52 Å². The van der Waals surface area contributed by atoms with Gasteiger partial charge in [-0.25, -0.2) is 0 Å². The van der Waals surface area contributed by atoms with Crippen LogP contribution in [0.15, 0.2) is 22.8 Å². The van der Waals surface area contributed by atoms with Gasteiger partial charge < -0.3 is 9.52 Å². The smallest absolute Gasteiger partial charge is 0.117 e. The van der Waals surface area contributed by atoms with Gasteiger partial charge in [-0.2, -0.15) is 0 Å². The molecule has 102 valence electrons. The van der Waals surface area contributed by atoms with Crippen LogP contribution in [0.5, 0.6) is 0 Å². The average molecular weight is 251 g/mol. The van der Waals surface area contributed by atoms with Crippen LogP contribution in [-0.4, -0.2) is 29.2 Å². The van der Waals surface area contributed by atoms with Crippen molar-refractivity contribution in [2.75, 3.05) is 13.2 Å². The van der Waals surface area contributed by atoms with Gasteiger partial charge in [0.1, 0.15) is 5.76 Å². The van der Waals surface area contributed by atoms with E-state index in [1.165, 1.54) is 12.8 Å². The molecule has 18 heavy (non-hydrogen) atoms. The predicted molar refractivity (Wildman–Crippen MR) is 72.2 cm³/mol. The van der Waals surface area contributed by atoms with Crippen LogP contribution in [-0.2, 0) is 6.54 Å². The maximum atomic E-state index is 9.70. The van der Waals surface area contributed by atoms with Crippen LogP contribution >= 0.6 is 0 Å². The molecule has 1 aromatic heterocycles. The van der Waals surface area contributed by atoms with Crippen molar-refractivity contribution in [3.8, 4) is 0 Å². The van der Waals surface area contributed by atoms with Gasteiger partial charge in [0.2, 0.25) is 0 Å². The van der Waals surface area contributed by atoms with E-state index in [0.717, 1.165) is 31.7 Å². The van der Waals surface area contributed by atoms with E-state index in [-0.39, 0.29) is 12.0 Å². The van der Waals surface area contributed by atoms with Gasteiger partial charge >= 0.3 is 0 Å². The molecule has 1 N–H and O–H groups in total. The molecule has 1 aliphatic rings. The summed E-state index contributed by atoms with van der Waals surface area (Å²) in [6.07, 6.45) is 6.37. The molecule has 0 saturated heterocycles. The minimum Gasteiger partial charge on any atom is -0.468 e. The van der Waals surface area contributed by atoms with Crippen LogP contribution in [0.4, 0.5) is 0 Å². The van der Waals surface area contributed by atoms with Gasteiger partial charge in [-0.1, -0.05) is 13.8 Å². The molecule has 0 bridgehead atoms. The highest BCUT2D eigenvalue weighted by atomic mass is 16.3. The largest absolute Gasteiger partial charge is 0.468 e. The molecule has 0 spiro atoms. The van der Waals surface area contributed by atoms with Crippen LogP contribution < -0.4 is 0 Å². The summed E-state index contributed by atoms with van der Waals surface area (Å²) in [6.45, 7) is 6.48. The molecule has 2 rings (SSSR count). The van der Waals surface area contributed by atoms with Gasteiger partial charge in [-0.15, -0.1) is 0 Å². The van der Waals surface area contributed by atoms with Gasteiger partial charge in [-0.05, 0) is 37.8 Å². The minimum atomic E-state index is 0.0508. The number of rotatable bonds is 8. The third-order valence-electron chi connectivity index (χ3n) is 4.38. The first-order valence-electron chi connectivity index (χ1n) is 7.10. The van der Waals surface area contributed by atoms with Gasteiger partial charge in [0.05, 0.1) is 12.8 Å². The fourth-order valence-corrected chi connectivity index (χ4v) is 2.53. The second-order valence-corrected chi connectivity index (χ2v) is 5.58. The molecule has 1 saturated carbocycles. The Balaban J connectivity index is 2.01. The van der Waals surface area contributed by atoms with E-state index in [1.54, 1.807) is 6.26 Å². The number of nitrogens with zero attached hydrogens (tertiary/aromatic N) is 1. The topological polar surface area (TPSA) is 36.6 Å². The van der Waals surface area contributed by atoms with Gasteiger partial charge in [0, 0.05) is 24.6 Å². The molecule has 0 unspecified atom stereocenters. The lowest BCUT2D eigenvalue weighted by atomic mass is 9.82. The van der Waals surface area contributed by atoms with Crippen molar-refractivity contribution in [2.45, 2.75) is 52.1 Å². The van der Waals surface area contributed by atoms with Gasteiger partial charge in [-0.3, -0.25) is 4.90 Å². The summed E-state index contributed by atoms with van der Waals surface area (Å²) in [6, 6.07) is 4.67. The Kier molecular flexibility index (Phi) is 4.46. The number of hydrogen-bond acceptors (Lipinski definition) is 3. The highest BCUT2D eigenvalue weighted by molar-refractivity contribution is 5.00. The molecule has 1 fully saturated rings. The second kappa shape index (κ2) is 5.89. The first kappa shape index (κ1) is 13.6. The Morgan fingerprint density at radius 2 is 2.11 bits per heavy atom. The van der Waals surface area contributed by atoms with Crippen LogP contribution in [0.1, 0.15) is 45.3 Å². The summed E-state index contributed by atoms with van der Waals surface area (Å²) in [4.78, 5) is 2.49. The number of furan rings is 1. The van der Waals surface area contributed by atoms with Crippen LogP contribution in [0, 0.1) is 5.41 Å². The first-order chi connectivity index (χ1) is 8.73. The quantitative estimate of drug-likeness (QED) is 0.771. The molecular formula is C15H25NO2. The van der Waals surface area contributed by atoms with E-state index in [2.05, 4.69) is 18.7 Å². The molecule has 0 aliphatic heterocycles. The first-order valence-corrected chi connectivity index (χ1v) is 7.10. The van der Waals surface area contributed by atoms with E-state index < -0.39 is 0 Å². The van der Waals surface area contributed by atoms with E-state index in [0.29, 0.717) is 6.04 Å². The Morgan fingerprint density at radius 3 is 2.56 bits per heavy atom. The van der Waals surface area contributed by atoms with E-state index >= 15 is 0 Å². The molecule has 3 heteroatoms. The highest BCUT2D eigenvalue weighted by Gasteiger charge is 2.35. The maximum Gasteiger partial charge on any atom is 0.117 e. The molecule has 1 aliphatic carbocycles. The average Bonchev–Trinajstić information content (AvgIpc) is 3.13. The zero-order chi connectivity index (χ0) is 13.0. The van der Waals surface area contributed by atoms with Crippen LogP contribution in [0.3, 0.4) is 0 Å². The molecule has 0 atom stereocenters. The lowest BCUT2D eigenvalue weighted by Gasteiger charge is -2.35. The number of hydrogen-bond donors (Lipinski definition) is 1. The summed E-state index contributed by atoms with van der Waals surface area (Å²) in [5.41, 5.74) is 0.0508. The normalized spacial score (nSPS) is 16.4. The van der Waals surface area contributed by atoms with Crippen molar-refractivity contribution in [2.24, 2.45) is 5.41 Å². The number of aliphatic hydroxyl groups is 1. The zero-order valence-corrected chi connectivity index (χ0v) is 11.6. The monoisotopic (exact) mass is 251 g/mol. The van der Waals surface area contributed by atoms with Gasteiger partial charge in [0.15, 0.2) is 0 Å². The summed E-state index contributed by atoms with van der Waals surface area (Å²) in [7, 11) is 0. The molecule has 0 radical (unpaired) electrons. The molecule has 0 aromatic carbocycles. The standard InChI is InChI=1S/C15H25NO2/c1-3-15(4-2,12-17)11-16(13-7-8-13)10-14-6-5-9-18-14/h5-6,9,13,17H,3-4,7-8,10-12H2,1-2H3. The summed E-state index contributed by atoms with van der Waals surface area (Å²) in [5, 5.41) is 9.70. The third kappa shape index (κ3) is 3.15. The molecule has 0 amide bonds. The second-order valence-electron chi connectivity index (χ2n) is 5.58. The van der Waals surface area contributed by atoms with Crippen molar-refractivity contribution >= 4 is 0 Å². The Bertz CT molecular complexity index is 331. The highest BCUT2D eigenvalue weighted by Crippen LogP contribution is 2.34. The van der Waals surface area contributed by atoms with Crippen LogP contribution in [0.2, 0.25) is 0 Å². The van der Waals surface area contributed by atoms with Crippen molar-refractivity contribution in [3.63, 3.8) is 0 Å². The molecule has 1 aromatic rings. The molecule has 1 heterocycles. The van der Waals surface area contributed by atoms with Crippen molar-refractivity contribution in [3.05, 3.63) is 24.2 Å². The Morgan fingerprint density at radius 1 is 1.39 bits per heavy atom. The van der Waals surface area contributed by atoms with E-state index in [9.17, 15) is 5.11 Å². The van der Waals surface area contributed by atoms with Crippen molar-refractivity contribution in [1.29, 1.82) is 0 Å². The lowest BCUT2D eigenvalue weighted by Crippen LogP contribution is -2.40. The lowest BCUT2D eigenvalue weighted by molar-refractivity contribution is 0.0561. The predicted octanol–water partition coefficient (Wildman–Crippen LogP) is 3.04. The SMILES string of the molecule is CCC(CC)(CO)CN(Cc1ccco1)C1CC1. The Hall–Kier alpha value is -0.800. The summed E-state index contributed by atoms with van der Waals surface area (Å²) >= 11 is 0. The molecular weight excluding hydrogens is 226 g/mol. The minimum absolute atomic E-state index is 0.0508. The Labute approximate surface area is 110 Å². The summed E-state index contributed by atoms with van der Waals surface area (Å²) < 4.78 is 5.45. The number of aliphatic hydroxyl groups excluding tert-OH is 1. The summed E-state index contributed by atoms with van der Waals surface area (Å²) in [5.74, 6) is 1.03. The van der Waals surface area contributed by atoms with E-state index in [1.807, 2.05) is 12.1 Å². The van der Waals surface area contributed by atoms with Crippen LogP contribution in [0.25, 0.3) is 0 Å². The fraction of sp³-hybridized carbons (Fsp3) is 0.733. The third-order valence-corrected chi connectivity index (χ3v) is 4.38. The zero-order valence-electron chi connectivity index (χ0n) is 11.6. The van der Waals surface area contributed by atoms with Crippen molar-refractivity contribution in [1.82, 2.24) is 4.90 Å². The molecule has 3 nitrogen and oxygen atoms in total. The maximum absolute atomic E-state index is 9.70. The fourth-order valence-electron chi connectivity index (χ4n) is 2.53.